The first-order chi connectivity index (χ1) is 12.4. The van der Waals surface area contributed by atoms with Crippen LogP contribution < -0.4 is 9.46 Å². The minimum atomic E-state index is -3.76. The van der Waals surface area contributed by atoms with Crippen LogP contribution in [0.1, 0.15) is 10.4 Å². The van der Waals surface area contributed by atoms with Crippen LogP contribution in [-0.4, -0.2) is 34.6 Å². The molecule has 6 nitrogen and oxygen atoms in total. The molecule has 1 N–H and O–H groups in total. The molecule has 0 aliphatic heterocycles. The Hall–Kier alpha value is -2.89. The van der Waals surface area contributed by atoms with Gasteiger partial charge in [-0.1, -0.05) is 24.0 Å². The minimum Gasteiger partial charge on any atom is -0.478 e. The van der Waals surface area contributed by atoms with Gasteiger partial charge in [-0.05, 0) is 36.4 Å². The molecule has 0 radical (unpaired) electrons. The molecule has 2 aromatic rings. The largest absolute Gasteiger partial charge is 0.478 e. The summed E-state index contributed by atoms with van der Waals surface area (Å²) in [6.45, 7) is -0.210. The van der Waals surface area contributed by atoms with Crippen LogP contribution in [-0.2, 0) is 14.8 Å². The average Bonchev–Trinajstić information content (AvgIpc) is 2.65. The Bertz CT molecular complexity index is 930. The monoisotopic (exact) mass is 377 g/mol. The standard InChI is InChI=1S/C18H16FNO5S/c1-24-18(21)14-8-10-15(11-9-14)26(22,23)20-12-4-5-13-25-17-7-3-2-6-16(17)19/h2-3,6-11,20H,12-13H2,1H3. The molecule has 0 aliphatic rings. The molecule has 2 aromatic carbocycles. The Morgan fingerprint density at radius 3 is 2.46 bits per heavy atom. The second-order valence-electron chi connectivity index (χ2n) is 4.91. The number of sulfonamides is 1. The molecule has 136 valence electrons. The van der Waals surface area contributed by atoms with E-state index in [1.54, 1.807) is 12.1 Å². The Morgan fingerprint density at radius 1 is 1.12 bits per heavy atom. The van der Waals surface area contributed by atoms with Crippen molar-refractivity contribution in [2.24, 2.45) is 0 Å². The zero-order valence-corrected chi connectivity index (χ0v) is 14.7. The van der Waals surface area contributed by atoms with Crippen LogP contribution in [0, 0.1) is 17.7 Å². The molecule has 0 saturated heterocycles. The molecule has 2 rings (SSSR count). The summed E-state index contributed by atoms with van der Waals surface area (Å²) in [4.78, 5) is 11.3. The fourth-order valence-electron chi connectivity index (χ4n) is 1.89. The number of methoxy groups -OCH3 is 1. The van der Waals surface area contributed by atoms with Crippen molar-refractivity contribution in [3.8, 4) is 17.6 Å². The van der Waals surface area contributed by atoms with E-state index in [9.17, 15) is 17.6 Å². The van der Waals surface area contributed by atoms with E-state index in [0.29, 0.717) is 0 Å². The fraction of sp³-hybridized carbons (Fsp3) is 0.167. The summed E-state index contributed by atoms with van der Waals surface area (Å²) in [7, 11) is -2.52. The highest BCUT2D eigenvalue weighted by molar-refractivity contribution is 7.89. The predicted octanol–water partition coefficient (Wildman–Crippen LogP) is 1.97. The van der Waals surface area contributed by atoms with Gasteiger partial charge in [0, 0.05) is 0 Å². The molecule has 0 unspecified atom stereocenters. The first kappa shape index (κ1) is 19.4. The molecule has 0 saturated carbocycles. The third-order valence-electron chi connectivity index (χ3n) is 3.20. The van der Waals surface area contributed by atoms with E-state index in [1.165, 1.54) is 43.5 Å². The summed E-state index contributed by atoms with van der Waals surface area (Å²) < 4.78 is 49.5. The van der Waals surface area contributed by atoms with Crippen LogP contribution in [0.4, 0.5) is 4.39 Å². The Kier molecular flexibility index (Phi) is 6.72. The van der Waals surface area contributed by atoms with Crippen LogP contribution in [0.15, 0.2) is 53.4 Å². The van der Waals surface area contributed by atoms with Gasteiger partial charge in [-0.15, -0.1) is 0 Å². The van der Waals surface area contributed by atoms with E-state index < -0.39 is 21.8 Å². The second kappa shape index (κ2) is 8.99. The Labute approximate surface area is 151 Å². The molecule has 0 heterocycles. The van der Waals surface area contributed by atoms with Crippen molar-refractivity contribution in [1.82, 2.24) is 4.72 Å². The number of hydrogen-bond donors (Lipinski definition) is 1. The maximum absolute atomic E-state index is 13.3. The van der Waals surface area contributed by atoms with Gasteiger partial charge in [0.15, 0.2) is 11.6 Å². The summed E-state index contributed by atoms with van der Waals surface area (Å²) in [5, 5.41) is 0. The summed E-state index contributed by atoms with van der Waals surface area (Å²) >= 11 is 0. The molecule has 0 amide bonds. The predicted molar refractivity (Wildman–Crippen MR) is 92.6 cm³/mol. The third-order valence-corrected chi connectivity index (χ3v) is 4.61. The molecular formula is C18H16FNO5S. The summed E-state index contributed by atoms with van der Waals surface area (Å²) in [5.41, 5.74) is 0.247. The van der Waals surface area contributed by atoms with Crippen LogP contribution in [0.5, 0.6) is 5.75 Å². The molecule has 8 heteroatoms. The number of carbonyl (C=O) groups excluding carboxylic acids is 1. The lowest BCUT2D eigenvalue weighted by atomic mass is 10.2. The lowest BCUT2D eigenvalue weighted by molar-refractivity contribution is 0.0600. The molecule has 0 aromatic heterocycles. The number of carbonyl (C=O) groups is 1. The smallest absolute Gasteiger partial charge is 0.337 e. The first-order valence-electron chi connectivity index (χ1n) is 7.45. The molecule has 0 spiro atoms. The second-order valence-corrected chi connectivity index (χ2v) is 6.68. The van der Waals surface area contributed by atoms with Crippen LogP contribution in [0.3, 0.4) is 0 Å². The zero-order chi connectivity index (χ0) is 19.0. The summed E-state index contributed by atoms with van der Waals surface area (Å²) in [5.74, 6) is 4.20. The van der Waals surface area contributed by atoms with E-state index in [2.05, 4.69) is 21.3 Å². The van der Waals surface area contributed by atoms with Crippen LogP contribution >= 0.6 is 0 Å². The van der Waals surface area contributed by atoms with Gasteiger partial charge < -0.3 is 9.47 Å². The number of benzene rings is 2. The molecule has 0 aliphatic carbocycles. The SMILES string of the molecule is COC(=O)c1ccc(S(=O)(=O)NCC#CCOc2ccccc2F)cc1. The average molecular weight is 377 g/mol. The Balaban J connectivity index is 1.87. The number of ether oxygens (including phenoxy) is 2. The highest BCUT2D eigenvalue weighted by Gasteiger charge is 2.14. The van der Waals surface area contributed by atoms with E-state index in [1.807, 2.05) is 0 Å². The fourth-order valence-corrected chi connectivity index (χ4v) is 2.81. The van der Waals surface area contributed by atoms with Gasteiger partial charge in [0.2, 0.25) is 10.0 Å². The van der Waals surface area contributed by atoms with Gasteiger partial charge in [0.1, 0.15) is 6.61 Å². The van der Waals surface area contributed by atoms with Gasteiger partial charge in [-0.3, -0.25) is 0 Å². The molecular weight excluding hydrogens is 361 g/mol. The molecule has 0 bridgehead atoms. The zero-order valence-electron chi connectivity index (χ0n) is 13.9. The van der Waals surface area contributed by atoms with Gasteiger partial charge >= 0.3 is 5.97 Å². The molecule has 0 fully saturated rings. The number of rotatable bonds is 6. The molecule has 0 atom stereocenters. The quantitative estimate of drug-likeness (QED) is 0.615. The minimum absolute atomic E-state index is 0.00504. The third kappa shape index (κ3) is 5.31. The number of esters is 1. The highest BCUT2D eigenvalue weighted by Crippen LogP contribution is 2.14. The van der Waals surface area contributed by atoms with E-state index in [-0.39, 0.29) is 29.4 Å². The van der Waals surface area contributed by atoms with E-state index in [4.69, 9.17) is 4.74 Å². The van der Waals surface area contributed by atoms with Crippen molar-refractivity contribution in [3.05, 3.63) is 59.9 Å². The Morgan fingerprint density at radius 2 is 1.81 bits per heavy atom. The number of hydrogen-bond acceptors (Lipinski definition) is 5. The van der Waals surface area contributed by atoms with E-state index in [0.717, 1.165) is 0 Å². The summed E-state index contributed by atoms with van der Waals surface area (Å²) in [6.07, 6.45) is 0. The topological polar surface area (TPSA) is 81.7 Å². The first-order valence-corrected chi connectivity index (χ1v) is 8.93. The van der Waals surface area contributed by atoms with E-state index >= 15 is 0 Å². The maximum atomic E-state index is 13.3. The molecule has 26 heavy (non-hydrogen) atoms. The van der Waals surface area contributed by atoms with Gasteiger partial charge in [-0.2, -0.15) is 4.72 Å². The number of para-hydroxylation sites is 1. The van der Waals surface area contributed by atoms with Gasteiger partial charge in [0.05, 0.1) is 24.1 Å². The van der Waals surface area contributed by atoms with Crippen molar-refractivity contribution >= 4 is 16.0 Å². The van der Waals surface area contributed by atoms with Crippen molar-refractivity contribution in [2.75, 3.05) is 20.3 Å². The lowest BCUT2D eigenvalue weighted by Gasteiger charge is -2.05. The van der Waals surface area contributed by atoms with Crippen LogP contribution in [0.25, 0.3) is 0 Å². The van der Waals surface area contributed by atoms with Gasteiger partial charge in [0.25, 0.3) is 0 Å². The highest BCUT2D eigenvalue weighted by atomic mass is 32.2. The van der Waals surface area contributed by atoms with Crippen LogP contribution in [0.2, 0.25) is 0 Å². The lowest BCUT2D eigenvalue weighted by Crippen LogP contribution is -2.24. The summed E-state index contributed by atoms with van der Waals surface area (Å²) in [6, 6.07) is 11.2. The van der Waals surface area contributed by atoms with Gasteiger partial charge in [-0.25, -0.2) is 17.6 Å². The maximum Gasteiger partial charge on any atom is 0.337 e. The number of nitrogens with one attached hydrogen (secondary N) is 1. The van der Waals surface area contributed by atoms with Crippen molar-refractivity contribution < 1.29 is 27.1 Å². The van der Waals surface area contributed by atoms with Crippen molar-refractivity contribution in [1.29, 1.82) is 0 Å². The number of halogens is 1. The van der Waals surface area contributed by atoms with Crippen molar-refractivity contribution in [3.63, 3.8) is 0 Å². The normalized spacial score (nSPS) is 10.5. The van der Waals surface area contributed by atoms with Crippen molar-refractivity contribution in [2.45, 2.75) is 4.90 Å².